The van der Waals surface area contributed by atoms with Crippen LogP contribution in [0.25, 0.3) is 61.1 Å². The minimum Gasteiger partial charge on any atom is -0.456 e. The Morgan fingerprint density at radius 2 is 0.944 bits per heavy atom. The van der Waals surface area contributed by atoms with Crippen molar-refractivity contribution in [3.05, 3.63) is 211 Å². The average molecular weight is 694 g/mol. The number of ether oxygens (including phenoxy) is 1. The highest BCUT2D eigenvalue weighted by atomic mass is 16.5. The summed E-state index contributed by atoms with van der Waals surface area (Å²) in [5.41, 5.74) is 14.2. The maximum absolute atomic E-state index is 6.57. The molecule has 0 atom stereocenters. The van der Waals surface area contributed by atoms with Crippen LogP contribution >= 0.6 is 0 Å². The summed E-state index contributed by atoms with van der Waals surface area (Å²) < 4.78 is 13.0. The van der Waals surface area contributed by atoms with Gasteiger partial charge in [0.1, 0.15) is 22.7 Å². The van der Waals surface area contributed by atoms with Crippen molar-refractivity contribution in [3.63, 3.8) is 0 Å². The van der Waals surface area contributed by atoms with Crippen molar-refractivity contribution in [3.8, 4) is 39.1 Å². The largest absolute Gasteiger partial charge is 0.456 e. The van der Waals surface area contributed by atoms with Gasteiger partial charge in [-0.25, -0.2) is 0 Å². The summed E-state index contributed by atoms with van der Waals surface area (Å²) in [5, 5.41) is 2.08. The fraction of sp³-hybridized carbons (Fsp3) is 0.0196. The van der Waals surface area contributed by atoms with Gasteiger partial charge in [-0.05, 0) is 106 Å². The summed E-state index contributed by atoms with van der Waals surface area (Å²) in [6.07, 6.45) is 2.98. The molecule has 1 aliphatic rings. The van der Waals surface area contributed by atoms with Gasteiger partial charge in [-0.15, -0.1) is 0 Å². The van der Waals surface area contributed by atoms with Crippen LogP contribution in [0.2, 0.25) is 0 Å². The van der Waals surface area contributed by atoms with Crippen molar-refractivity contribution < 1.29 is 9.15 Å². The van der Waals surface area contributed by atoms with E-state index in [-0.39, 0.29) is 0 Å². The quantitative estimate of drug-likeness (QED) is 0.166. The monoisotopic (exact) mass is 693 g/mol. The third kappa shape index (κ3) is 5.73. The Kier molecular flexibility index (Phi) is 7.88. The molecule has 54 heavy (non-hydrogen) atoms. The Hall–Kier alpha value is -7.10. The predicted molar refractivity (Wildman–Crippen MR) is 223 cm³/mol. The minimum absolute atomic E-state index is 0.818. The Labute approximate surface area is 314 Å². The lowest BCUT2D eigenvalue weighted by Crippen LogP contribution is -2.09. The van der Waals surface area contributed by atoms with E-state index in [4.69, 9.17) is 9.15 Å². The molecule has 0 fully saturated rings. The number of rotatable bonds is 7. The zero-order valence-corrected chi connectivity index (χ0v) is 29.5. The molecule has 10 rings (SSSR count). The molecule has 0 aliphatic carbocycles. The lowest BCUT2D eigenvalue weighted by atomic mass is 9.94. The fourth-order valence-electron chi connectivity index (χ4n) is 7.69. The van der Waals surface area contributed by atoms with Gasteiger partial charge in [0.15, 0.2) is 0 Å². The third-order valence-corrected chi connectivity index (χ3v) is 10.4. The normalized spacial score (nSPS) is 12.3. The molecule has 2 heterocycles. The molecule has 0 saturated carbocycles. The van der Waals surface area contributed by atoms with E-state index in [2.05, 4.69) is 187 Å². The standard InChI is InChI=1S/C51H35NO2/c1-4-12-36(13-5-1)44-18-10-11-19-45(44)37-22-29-43(30-23-37)52(41-16-8-3-9-17-41)42-27-20-35(21-28-42)40-24-31-46-49(34-40)53-48-33-26-39-25-32-47(54-51(39)50(46)48)38-14-6-2-7-15-38/h1-24,26-34H,25H2. The summed E-state index contributed by atoms with van der Waals surface area (Å²) in [6, 6.07) is 68.4. The van der Waals surface area contributed by atoms with E-state index >= 15 is 0 Å². The van der Waals surface area contributed by atoms with E-state index in [1.807, 2.05) is 18.2 Å². The van der Waals surface area contributed by atoms with Crippen LogP contribution < -0.4 is 9.64 Å². The molecular weight excluding hydrogens is 659 g/mol. The van der Waals surface area contributed by atoms with Gasteiger partial charge < -0.3 is 14.1 Å². The van der Waals surface area contributed by atoms with Crippen molar-refractivity contribution in [1.29, 1.82) is 0 Å². The van der Waals surface area contributed by atoms with Crippen LogP contribution in [0.1, 0.15) is 11.1 Å². The summed E-state index contributed by atoms with van der Waals surface area (Å²) in [7, 11) is 0. The average Bonchev–Trinajstić information content (AvgIpc) is 3.64. The lowest BCUT2D eigenvalue weighted by Gasteiger charge is -2.26. The predicted octanol–water partition coefficient (Wildman–Crippen LogP) is 14.0. The van der Waals surface area contributed by atoms with Crippen LogP contribution in [0.5, 0.6) is 5.75 Å². The Bertz CT molecular complexity index is 2780. The SMILES string of the molecule is C1=C(c2ccccc2)Oc2c(ccc3oc4cc(-c5ccc(N(c6ccccc6)c6ccc(-c7ccccc7-c7ccccc7)cc6)cc5)ccc4c23)C1. The summed E-state index contributed by atoms with van der Waals surface area (Å²) >= 11 is 0. The number of para-hydroxylation sites is 1. The van der Waals surface area contributed by atoms with Crippen molar-refractivity contribution in [1.82, 2.24) is 0 Å². The molecular formula is C51H35NO2. The number of hydrogen-bond donors (Lipinski definition) is 0. The van der Waals surface area contributed by atoms with E-state index in [0.717, 1.165) is 73.6 Å². The van der Waals surface area contributed by atoms with Gasteiger partial charge >= 0.3 is 0 Å². The van der Waals surface area contributed by atoms with E-state index in [1.54, 1.807) is 0 Å². The Morgan fingerprint density at radius 1 is 0.407 bits per heavy atom. The van der Waals surface area contributed by atoms with Crippen LogP contribution in [0.4, 0.5) is 17.1 Å². The second-order valence-corrected chi connectivity index (χ2v) is 13.7. The number of nitrogens with zero attached hydrogens (tertiary/aromatic N) is 1. The van der Waals surface area contributed by atoms with Crippen LogP contribution in [0.3, 0.4) is 0 Å². The Morgan fingerprint density at radius 3 is 1.61 bits per heavy atom. The first-order valence-electron chi connectivity index (χ1n) is 18.4. The van der Waals surface area contributed by atoms with Crippen LogP contribution in [0.15, 0.2) is 205 Å². The van der Waals surface area contributed by atoms with Crippen molar-refractivity contribution in [2.75, 3.05) is 4.90 Å². The smallest absolute Gasteiger partial charge is 0.142 e. The van der Waals surface area contributed by atoms with E-state index < -0.39 is 0 Å². The summed E-state index contributed by atoms with van der Waals surface area (Å²) in [6.45, 7) is 0. The van der Waals surface area contributed by atoms with Gasteiger partial charge in [-0.1, -0.05) is 140 Å². The van der Waals surface area contributed by atoms with Crippen molar-refractivity contribution in [2.45, 2.75) is 6.42 Å². The summed E-state index contributed by atoms with van der Waals surface area (Å²) in [5.74, 6) is 1.77. The van der Waals surface area contributed by atoms with E-state index in [9.17, 15) is 0 Å². The minimum atomic E-state index is 0.818. The zero-order valence-electron chi connectivity index (χ0n) is 29.5. The van der Waals surface area contributed by atoms with Crippen molar-refractivity contribution >= 4 is 44.8 Å². The zero-order chi connectivity index (χ0) is 35.8. The molecule has 0 amide bonds. The molecule has 9 aromatic rings. The number of benzene rings is 8. The van der Waals surface area contributed by atoms with E-state index in [1.165, 1.54) is 27.8 Å². The molecule has 1 aliphatic heterocycles. The first-order chi connectivity index (χ1) is 26.8. The van der Waals surface area contributed by atoms with Gasteiger partial charge in [-0.3, -0.25) is 0 Å². The van der Waals surface area contributed by atoms with Crippen LogP contribution in [0, 0.1) is 0 Å². The maximum Gasteiger partial charge on any atom is 0.142 e. The number of fused-ring (bicyclic) bond motifs is 5. The topological polar surface area (TPSA) is 25.6 Å². The van der Waals surface area contributed by atoms with E-state index in [0.29, 0.717) is 0 Å². The molecule has 0 N–H and O–H groups in total. The molecule has 3 nitrogen and oxygen atoms in total. The molecule has 1 aromatic heterocycles. The summed E-state index contributed by atoms with van der Waals surface area (Å²) in [4.78, 5) is 2.31. The highest BCUT2D eigenvalue weighted by molar-refractivity contribution is 6.10. The molecule has 0 bridgehead atoms. The molecule has 0 radical (unpaired) electrons. The van der Waals surface area contributed by atoms with Gasteiger partial charge in [0.2, 0.25) is 0 Å². The van der Waals surface area contributed by atoms with Gasteiger partial charge in [0, 0.05) is 28.0 Å². The highest BCUT2D eigenvalue weighted by Gasteiger charge is 2.22. The molecule has 3 heteroatoms. The number of furan rings is 1. The fourth-order valence-corrected chi connectivity index (χ4v) is 7.69. The van der Waals surface area contributed by atoms with Gasteiger partial charge in [0.05, 0.1) is 5.39 Å². The molecule has 8 aromatic carbocycles. The number of anilines is 3. The first kappa shape index (κ1) is 31.6. The van der Waals surface area contributed by atoms with Crippen molar-refractivity contribution in [2.24, 2.45) is 0 Å². The van der Waals surface area contributed by atoms with Crippen LogP contribution in [-0.4, -0.2) is 0 Å². The highest BCUT2D eigenvalue weighted by Crippen LogP contribution is 2.44. The maximum atomic E-state index is 6.57. The van der Waals surface area contributed by atoms with Gasteiger partial charge in [-0.2, -0.15) is 0 Å². The lowest BCUT2D eigenvalue weighted by molar-refractivity contribution is 0.504. The third-order valence-electron chi connectivity index (χ3n) is 10.4. The molecule has 0 spiro atoms. The molecule has 0 saturated heterocycles. The molecule has 256 valence electrons. The number of hydrogen-bond acceptors (Lipinski definition) is 3. The van der Waals surface area contributed by atoms with Crippen LogP contribution in [-0.2, 0) is 6.42 Å². The molecule has 0 unspecified atom stereocenters. The second kappa shape index (κ2) is 13.5. The van der Waals surface area contributed by atoms with Gasteiger partial charge in [0.25, 0.3) is 0 Å². The second-order valence-electron chi connectivity index (χ2n) is 13.7. The Balaban J connectivity index is 0.969. The number of allylic oxidation sites excluding steroid dienone is 1. The first-order valence-corrected chi connectivity index (χ1v) is 18.4.